The Morgan fingerprint density at radius 1 is 1.06 bits per heavy atom. The first-order valence-corrected chi connectivity index (χ1v) is 11.8. The number of benzene rings is 2. The smallest absolute Gasteiger partial charge is 0.339 e. The minimum absolute atomic E-state index is 0.0120. The molecule has 0 radical (unpaired) electrons. The van der Waals surface area contributed by atoms with Crippen LogP contribution in [0.15, 0.2) is 59.5 Å². The zero-order valence-electron chi connectivity index (χ0n) is 18.2. The van der Waals surface area contributed by atoms with Crippen molar-refractivity contribution in [3.63, 3.8) is 0 Å². The monoisotopic (exact) mass is 487 g/mol. The molecule has 0 aliphatic heterocycles. The van der Waals surface area contributed by atoms with E-state index in [-0.39, 0.29) is 39.2 Å². The highest BCUT2D eigenvalue weighted by molar-refractivity contribution is 7.92. The molecule has 1 aromatic heterocycles. The number of nitrogens with one attached hydrogen (secondary N) is 2. The third-order valence-electron chi connectivity index (χ3n) is 4.67. The first-order valence-electron chi connectivity index (χ1n) is 9.96. The van der Waals surface area contributed by atoms with E-state index in [1.165, 1.54) is 18.2 Å². The van der Waals surface area contributed by atoms with Gasteiger partial charge in [-0.15, -0.1) is 0 Å². The van der Waals surface area contributed by atoms with Crippen LogP contribution in [0.1, 0.15) is 39.0 Å². The van der Waals surface area contributed by atoms with Crippen LogP contribution in [-0.4, -0.2) is 31.9 Å². The number of aryl methyl sites for hydroxylation is 2. The van der Waals surface area contributed by atoms with E-state index in [1.54, 1.807) is 57.2 Å². The fourth-order valence-electron chi connectivity index (χ4n) is 3.02. The van der Waals surface area contributed by atoms with Gasteiger partial charge in [0.25, 0.3) is 15.9 Å². The number of hydrogen-bond donors (Lipinski definition) is 2. The summed E-state index contributed by atoms with van der Waals surface area (Å²) in [5.74, 6) is -1.08. The van der Waals surface area contributed by atoms with E-state index in [1.807, 2.05) is 0 Å². The Bertz CT molecular complexity index is 1330. The fourth-order valence-corrected chi connectivity index (χ4v) is 4.61. The average Bonchev–Trinajstić information content (AvgIpc) is 2.76. The van der Waals surface area contributed by atoms with Crippen molar-refractivity contribution >= 4 is 44.9 Å². The van der Waals surface area contributed by atoms with Crippen molar-refractivity contribution in [2.75, 3.05) is 16.6 Å². The number of esters is 1. The Morgan fingerprint density at radius 3 is 2.45 bits per heavy atom. The van der Waals surface area contributed by atoms with Gasteiger partial charge in [-0.3, -0.25) is 9.52 Å². The summed E-state index contributed by atoms with van der Waals surface area (Å²) in [5.41, 5.74) is 1.67. The van der Waals surface area contributed by atoms with Gasteiger partial charge in [0, 0.05) is 5.69 Å². The highest BCUT2D eigenvalue weighted by Crippen LogP contribution is 2.27. The molecule has 0 atom stereocenters. The van der Waals surface area contributed by atoms with Crippen LogP contribution in [-0.2, 0) is 14.8 Å². The lowest BCUT2D eigenvalue weighted by Crippen LogP contribution is -2.18. The molecular formula is C23H22ClN3O5S. The molecular weight excluding hydrogens is 466 g/mol. The number of carbonyl (C=O) groups is 2. The number of aromatic nitrogens is 1. The van der Waals surface area contributed by atoms with Crippen molar-refractivity contribution in [3.05, 3.63) is 82.1 Å². The van der Waals surface area contributed by atoms with Crippen LogP contribution in [0.3, 0.4) is 0 Å². The summed E-state index contributed by atoms with van der Waals surface area (Å²) in [6.07, 6.45) is 0. The van der Waals surface area contributed by atoms with Crippen LogP contribution >= 0.6 is 11.6 Å². The Balaban J connectivity index is 1.84. The number of pyridine rings is 1. The SMILES string of the molecule is CCOC(=O)c1ccc(C(=O)Nc2ccc(C)c(S(=O)(=O)Nc3ccccc3Cl)c2)nc1C. The van der Waals surface area contributed by atoms with E-state index in [0.29, 0.717) is 11.3 Å². The molecule has 0 unspecified atom stereocenters. The Labute approximate surface area is 197 Å². The number of hydrogen-bond acceptors (Lipinski definition) is 6. The molecule has 0 aliphatic rings. The molecule has 2 aromatic carbocycles. The first kappa shape index (κ1) is 24.2. The standard InChI is InChI=1S/C23H22ClN3O5S/c1-4-32-23(29)17-11-12-20(25-15(17)3)22(28)26-16-10-9-14(2)21(13-16)33(30,31)27-19-8-6-5-7-18(19)24/h5-13,27H,4H2,1-3H3,(H,26,28). The van der Waals surface area contributed by atoms with Gasteiger partial charge in [-0.05, 0) is 62.7 Å². The van der Waals surface area contributed by atoms with E-state index >= 15 is 0 Å². The summed E-state index contributed by atoms with van der Waals surface area (Å²) in [4.78, 5) is 28.8. The molecule has 0 spiro atoms. The Morgan fingerprint density at radius 2 is 1.79 bits per heavy atom. The number of nitrogens with zero attached hydrogens (tertiary/aromatic N) is 1. The molecule has 10 heteroatoms. The predicted molar refractivity (Wildman–Crippen MR) is 126 cm³/mol. The van der Waals surface area contributed by atoms with Crippen LogP contribution in [0, 0.1) is 13.8 Å². The van der Waals surface area contributed by atoms with E-state index in [4.69, 9.17) is 16.3 Å². The lowest BCUT2D eigenvalue weighted by atomic mass is 10.1. The maximum absolute atomic E-state index is 12.9. The van der Waals surface area contributed by atoms with Gasteiger partial charge in [0.05, 0.1) is 33.5 Å². The zero-order valence-corrected chi connectivity index (χ0v) is 19.8. The van der Waals surface area contributed by atoms with Gasteiger partial charge in [-0.1, -0.05) is 29.8 Å². The van der Waals surface area contributed by atoms with Gasteiger partial charge < -0.3 is 10.1 Å². The maximum Gasteiger partial charge on any atom is 0.339 e. The molecule has 8 nitrogen and oxygen atoms in total. The van der Waals surface area contributed by atoms with Gasteiger partial charge in [-0.25, -0.2) is 18.2 Å². The van der Waals surface area contributed by atoms with Crippen molar-refractivity contribution in [3.8, 4) is 0 Å². The van der Waals surface area contributed by atoms with Crippen molar-refractivity contribution in [2.24, 2.45) is 0 Å². The van der Waals surface area contributed by atoms with Crippen LogP contribution in [0.2, 0.25) is 5.02 Å². The number of rotatable bonds is 7. The van der Waals surface area contributed by atoms with Crippen LogP contribution in [0.5, 0.6) is 0 Å². The van der Waals surface area contributed by atoms with Crippen LogP contribution in [0.25, 0.3) is 0 Å². The lowest BCUT2D eigenvalue weighted by Gasteiger charge is -2.13. The summed E-state index contributed by atoms with van der Waals surface area (Å²) < 4.78 is 33.3. The summed E-state index contributed by atoms with van der Waals surface area (Å²) >= 11 is 6.07. The second-order valence-corrected chi connectivity index (χ2v) is 9.13. The van der Waals surface area contributed by atoms with E-state index < -0.39 is 21.9 Å². The number of amides is 1. The number of halogens is 1. The lowest BCUT2D eigenvalue weighted by molar-refractivity contribution is 0.0524. The molecule has 3 rings (SSSR count). The molecule has 33 heavy (non-hydrogen) atoms. The second-order valence-electron chi connectivity index (χ2n) is 7.07. The Hall–Kier alpha value is -3.43. The minimum atomic E-state index is -3.97. The van der Waals surface area contributed by atoms with Crippen molar-refractivity contribution in [2.45, 2.75) is 25.7 Å². The molecule has 2 N–H and O–H groups in total. The topological polar surface area (TPSA) is 114 Å². The highest BCUT2D eigenvalue weighted by atomic mass is 35.5. The minimum Gasteiger partial charge on any atom is -0.462 e. The average molecular weight is 488 g/mol. The van der Waals surface area contributed by atoms with Crippen LogP contribution < -0.4 is 10.0 Å². The predicted octanol–water partition coefficient (Wildman–Crippen LogP) is 4.58. The zero-order chi connectivity index (χ0) is 24.2. The molecule has 0 aliphatic carbocycles. The molecule has 0 bridgehead atoms. The van der Waals surface area contributed by atoms with E-state index in [2.05, 4.69) is 15.0 Å². The number of anilines is 2. The number of para-hydroxylation sites is 1. The largest absolute Gasteiger partial charge is 0.462 e. The van der Waals surface area contributed by atoms with E-state index in [0.717, 1.165) is 0 Å². The van der Waals surface area contributed by atoms with Gasteiger partial charge in [0.2, 0.25) is 0 Å². The molecule has 172 valence electrons. The van der Waals surface area contributed by atoms with Crippen LogP contribution in [0.4, 0.5) is 11.4 Å². The van der Waals surface area contributed by atoms with Gasteiger partial charge >= 0.3 is 5.97 Å². The number of ether oxygens (including phenoxy) is 1. The van der Waals surface area contributed by atoms with Gasteiger partial charge in [0.1, 0.15) is 5.69 Å². The quantitative estimate of drug-likeness (QED) is 0.471. The summed E-state index contributed by atoms with van der Waals surface area (Å²) in [6, 6.07) is 13.9. The number of sulfonamides is 1. The molecule has 3 aromatic rings. The maximum atomic E-state index is 12.9. The summed E-state index contributed by atoms with van der Waals surface area (Å²) in [5, 5.41) is 2.90. The fraction of sp³-hybridized carbons (Fsp3) is 0.174. The van der Waals surface area contributed by atoms with Crippen molar-refractivity contribution < 1.29 is 22.7 Å². The summed E-state index contributed by atoms with van der Waals surface area (Å²) in [6.45, 7) is 5.17. The van der Waals surface area contributed by atoms with Gasteiger partial charge in [0.15, 0.2) is 0 Å². The molecule has 1 heterocycles. The van der Waals surface area contributed by atoms with Crippen molar-refractivity contribution in [1.29, 1.82) is 0 Å². The molecule has 0 fully saturated rings. The molecule has 1 amide bonds. The van der Waals surface area contributed by atoms with Gasteiger partial charge in [-0.2, -0.15) is 0 Å². The normalized spacial score (nSPS) is 11.0. The molecule has 0 saturated heterocycles. The van der Waals surface area contributed by atoms with Crippen molar-refractivity contribution in [1.82, 2.24) is 4.98 Å². The van der Waals surface area contributed by atoms with E-state index in [9.17, 15) is 18.0 Å². The second kappa shape index (κ2) is 10.0. The first-order chi connectivity index (χ1) is 15.6. The Kier molecular flexibility index (Phi) is 7.35. The summed E-state index contributed by atoms with van der Waals surface area (Å²) in [7, 11) is -3.97. The third kappa shape index (κ3) is 5.68. The highest BCUT2D eigenvalue weighted by Gasteiger charge is 2.20. The third-order valence-corrected chi connectivity index (χ3v) is 6.50. The number of carbonyl (C=O) groups excluding carboxylic acids is 2. The molecule has 0 saturated carbocycles.